The minimum atomic E-state index is -0.404. The molecule has 2 aromatic rings. The summed E-state index contributed by atoms with van der Waals surface area (Å²) in [7, 11) is 1.58. The number of carbonyl (C=O) groups is 1. The molecule has 1 heterocycles. The van der Waals surface area contributed by atoms with Crippen LogP contribution < -0.4 is 9.47 Å². The lowest BCUT2D eigenvalue weighted by atomic mass is 9.94. The Labute approximate surface area is 198 Å². The van der Waals surface area contributed by atoms with Crippen LogP contribution in [0.15, 0.2) is 65.0 Å². The first-order chi connectivity index (χ1) is 16.1. The molecule has 1 amide bonds. The summed E-state index contributed by atoms with van der Waals surface area (Å²) < 4.78 is 25.4. The maximum absolute atomic E-state index is 14.3. The number of para-hydroxylation sites is 1. The van der Waals surface area contributed by atoms with Crippen molar-refractivity contribution < 1.29 is 18.7 Å². The number of hydrogen-bond acceptors (Lipinski definition) is 5. The number of methoxy groups -OCH3 is 1. The first-order valence-electron chi connectivity index (χ1n) is 11.1. The molecule has 2 aliphatic rings. The molecule has 1 aliphatic heterocycles. The van der Waals surface area contributed by atoms with Gasteiger partial charge in [0, 0.05) is 6.04 Å². The van der Waals surface area contributed by atoms with Gasteiger partial charge in [0.25, 0.3) is 5.91 Å². The number of carbonyl (C=O) groups excluding carboxylic acids is 1. The maximum atomic E-state index is 14.3. The number of hydrogen-bond donors (Lipinski definition) is 0. The molecule has 1 saturated heterocycles. The summed E-state index contributed by atoms with van der Waals surface area (Å²) in [5, 5.41) is 0.529. The fourth-order valence-electron chi connectivity index (χ4n) is 4.06. The highest BCUT2D eigenvalue weighted by molar-refractivity contribution is 8.18. The van der Waals surface area contributed by atoms with Crippen molar-refractivity contribution in [3.8, 4) is 11.5 Å². The van der Waals surface area contributed by atoms with Crippen molar-refractivity contribution in [3.63, 3.8) is 0 Å². The number of ether oxygens (including phenoxy) is 2. The Hall–Kier alpha value is -3.06. The Morgan fingerprint density at radius 3 is 2.70 bits per heavy atom. The minimum Gasteiger partial charge on any atom is -0.493 e. The fraction of sp³-hybridized carbons (Fsp3) is 0.308. The van der Waals surface area contributed by atoms with E-state index in [1.807, 2.05) is 24.3 Å². The van der Waals surface area contributed by atoms with E-state index in [-0.39, 0.29) is 17.6 Å². The lowest BCUT2D eigenvalue weighted by Gasteiger charge is -2.30. The van der Waals surface area contributed by atoms with Gasteiger partial charge in [-0.3, -0.25) is 9.69 Å². The summed E-state index contributed by atoms with van der Waals surface area (Å²) in [6.45, 7) is 4.03. The first kappa shape index (κ1) is 23.1. The van der Waals surface area contributed by atoms with Crippen LogP contribution in [-0.4, -0.2) is 35.7 Å². The van der Waals surface area contributed by atoms with E-state index in [0.717, 1.165) is 31.2 Å². The molecule has 5 nitrogen and oxygen atoms in total. The summed E-state index contributed by atoms with van der Waals surface area (Å²) in [4.78, 5) is 20.3. The summed E-state index contributed by atoms with van der Waals surface area (Å²) in [6.07, 6.45) is 8.68. The van der Waals surface area contributed by atoms with Crippen LogP contribution in [-0.2, 0) is 4.79 Å². The second-order valence-electron chi connectivity index (χ2n) is 7.93. The Bertz CT molecular complexity index is 1090. The zero-order valence-electron chi connectivity index (χ0n) is 18.6. The van der Waals surface area contributed by atoms with Crippen LogP contribution in [0.25, 0.3) is 6.08 Å². The zero-order valence-corrected chi connectivity index (χ0v) is 19.4. The van der Waals surface area contributed by atoms with Crippen molar-refractivity contribution in [3.05, 3.63) is 71.4 Å². The molecule has 0 bridgehead atoms. The molecule has 0 atom stereocenters. The topological polar surface area (TPSA) is 51.1 Å². The predicted molar refractivity (Wildman–Crippen MR) is 131 cm³/mol. The number of amides is 1. The van der Waals surface area contributed by atoms with Crippen LogP contribution >= 0.6 is 11.8 Å². The van der Waals surface area contributed by atoms with Gasteiger partial charge in [-0.1, -0.05) is 50.1 Å². The highest BCUT2D eigenvalue weighted by Crippen LogP contribution is 2.39. The fourth-order valence-corrected chi connectivity index (χ4v) is 5.12. The monoisotopic (exact) mass is 466 g/mol. The SMILES string of the molecule is C=CCOc1ccc(/C=C2\SC(=Nc3ccccc3F)N(C3CCCCC3)C2=O)cc1OC. The van der Waals surface area contributed by atoms with E-state index in [2.05, 4.69) is 11.6 Å². The Morgan fingerprint density at radius 2 is 1.97 bits per heavy atom. The lowest BCUT2D eigenvalue weighted by Crippen LogP contribution is -2.40. The van der Waals surface area contributed by atoms with Crippen LogP contribution in [0.4, 0.5) is 10.1 Å². The highest BCUT2D eigenvalue weighted by Gasteiger charge is 2.38. The Kier molecular flexibility index (Phi) is 7.50. The largest absolute Gasteiger partial charge is 0.493 e. The van der Waals surface area contributed by atoms with E-state index in [1.54, 1.807) is 36.3 Å². The van der Waals surface area contributed by atoms with Crippen LogP contribution in [0.3, 0.4) is 0 Å². The van der Waals surface area contributed by atoms with Gasteiger partial charge in [0.15, 0.2) is 16.7 Å². The number of aliphatic imine (C=N–C) groups is 1. The third-order valence-corrected chi connectivity index (χ3v) is 6.67. The lowest BCUT2D eigenvalue weighted by molar-refractivity contribution is -0.124. The van der Waals surface area contributed by atoms with Gasteiger partial charge >= 0.3 is 0 Å². The molecule has 7 heteroatoms. The van der Waals surface area contributed by atoms with Crippen LogP contribution in [0.5, 0.6) is 11.5 Å². The molecule has 2 aromatic carbocycles. The third-order valence-electron chi connectivity index (χ3n) is 5.69. The Balaban J connectivity index is 1.68. The molecule has 172 valence electrons. The molecule has 0 N–H and O–H groups in total. The smallest absolute Gasteiger partial charge is 0.267 e. The number of amidine groups is 1. The molecule has 4 rings (SSSR count). The molecule has 33 heavy (non-hydrogen) atoms. The standard InChI is InChI=1S/C26H27FN2O3S/c1-3-15-32-22-14-13-18(16-23(22)31-2)17-24-25(30)29(19-9-5-4-6-10-19)26(33-24)28-21-12-8-7-11-20(21)27/h3,7-8,11-14,16-17,19H,1,4-6,9-10,15H2,2H3/b24-17-,28-26?. The van der Waals surface area contributed by atoms with E-state index in [4.69, 9.17) is 9.47 Å². The molecule has 0 radical (unpaired) electrons. The molecule has 2 fully saturated rings. The summed E-state index contributed by atoms with van der Waals surface area (Å²) in [5.74, 6) is 0.688. The van der Waals surface area contributed by atoms with Gasteiger partial charge in [-0.25, -0.2) is 9.38 Å². The highest BCUT2D eigenvalue weighted by atomic mass is 32.2. The molecule has 0 spiro atoms. The van der Waals surface area contributed by atoms with Gasteiger partial charge in [0.1, 0.15) is 18.1 Å². The van der Waals surface area contributed by atoms with Gasteiger partial charge < -0.3 is 9.47 Å². The van der Waals surface area contributed by atoms with Gasteiger partial charge in [-0.15, -0.1) is 0 Å². The predicted octanol–water partition coefficient (Wildman–Crippen LogP) is 6.34. The van der Waals surface area contributed by atoms with E-state index in [9.17, 15) is 9.18 Å². The average Bonchev–Trinajstić information content (AvgIpc) is 3.14. The van der Waals surface area contributed by atoms with Crippen molar-refractivity contribution in [2.24, 2.45) is 4.99 Å². The quantitative estimate of drug-likeness (QED) is 0.353. The van der Waals surface area contributed by atoms with Gasteiger partial charge in [-0.05, 0) is 60.5 Å². The average molecular weight is 467 g/mol. The van der Waals surface area contributed by atoms with Crippen LogP contribution in [0, 0.1) is 5.82 Å². The molecule has 1 saturated carbocycles. The second kappa shape index (κ2) is 10.7. The van der Waals surface area contributed by atoms with Crippen molar-refractivity contribution in [1.82, 2.24) is 4.90 Å². The van der Waals surface area contributed by atoms with Crippen LogP contribution in [0.2, 0.25) is 0 Å². The van der Waals surface area contributed by atoms with E-state index >= 15 is 0 Å². The molecular weight excluding hydrogens is 439 g/mol. The summed E-state index contributed by atoms with van der Waals surface area (Å²) in [6, 6.07) is 12.0. The minimum absolute atomic E-state index is 0.0828. The number of thioether (sulfide) groups is 1. The van der Waals surface area contributed by atoms with Gasteiger partial charge in [0.05, 0.1) is 12.0 Å². The van der Waals surface area contributed by atoms with E-state index in [0.29, 0.717) is 28.2 Å². The normalized spacial score (nSPS) is 19.3. The molecule has 0 unspecified atom stereocenters. The molecular formula is C26H27FN2O3S. The van der Waals surface area contributed by atoms with Crippen molar-refractivity contribution in [2.75, 3.05) is 13.7 Å². The first-order valence-corrected chi connectivity index (χ1v) is 11.9. The number of nitrogens with zero attached hydrogens (tertiary/aromatic N) is 2. The van der Waals surface area contributed by atoms with E-state index in [1.165, 1.54) is 24.2 Å². The number of benzene rings is 2. The van der Waals surface area contributed by atoms with Gasteiger partial charge in [0.2, 0.25) is 0 Å². The van der Waals surface area contributed by atoms with Crippen molar-refractivity contribution in [1.29, 1.82) is 0 Å². The van der Waals surface area contributed by atoms with Crippen molar-refractivity contribution in [2.45, 2.75) is 38.1 Å². The van der Waals surface area contributed by atoms with Crippen molar-refractivity contribution >= 4 is 34.6 Å². The third kappa shape index (κ3) is 5.30. The Morgan fingerprint density at radius 1 is 1.18 bits per heavy atom. The molecule has 0 aromatic heterocycles. The van der Waals surface area contributed by atoms with Gasteiger partial charge in [-0.2, -0.15) is 0 Å². The maximum Gasteiger partial charge on any atom is 0.267 e. The second-order valence-corrected chi connectivity index (χ2v) is 8.94. The van der Waals surface area contributed by atoms with Crippen LogP contribution in [0.1, 0.15) is 37.7 Å². The van der Waals surface area contributed by atoms with E-state index < -0.39 is 5.82 Å². The molecule has 1 aliphatic carbocycles. The number of halogens is 1. The summed E-state index contributed by atoms with van der Waals surface area (Å²) in [5.41, 5.74) is 1.05. The summed E-state index contributed by atoms with van der Waals surface area (Å²) >= 11 is 1.29. The zero-order chi connectivity index (χ0) is 23.2. The number of rotatable bonds is 7.